The number of hydrogen-bond donors (Lipinski definition) is 0. The van der Waals surface area contributed by atoms with Crippen molar-refractivity contribution >= 4 is 46.0 Å². The molecule has 2 unspecified atom stereocenters. The Labute approximate surface area is 233 Å². The van der Waals surface area contributed by atoms with Crippen LogP contribution in [0.5, 0.6) is 0 Å². The molecule has 4 atom stereocenters. The van der Waals surface area contributed by atoms with Crippen LogP contribution in [0.3, 0.4) is 0 Å². The molecule has 195 valence electrons. The average molecular weight is 616 g/mol. The molecule has 0 aliphatic carbocycles. The van der Waals surface area contributed by atoms with Crippen molar-refractivity contribution in [1.82, 2.24) is 0 Å². The van der Waals surface area contributed by atoms with E-state index in [-0.39, 0.29) is 0 Å². The summed E-state index contributed by atoms with van der Waals surface area (Å²) in [5, 5.41) is 0.882. The first-order valence-electron chi connectivity index (χ1n) is 12.7. The normalized spacial score (nSPS) is 25.3. The van der Waals surface area contributed by atoms with Gasteiger partial charge in [-0.05, 0) is 52.7 Å². The van der Waals surface area contributed by atoms with Crippen LogP contribution in [0.2, 0.25) is 0 Å². The Kier molecular flexibility index (Phi) is 11.3. The van der Waals surface area contributed by atoms with E-state index < -0.39 is 27.2 Å². The van der Waals surface area contributed by atoms with Gasteiger partial charge in [-0.3, -0.25) is 0 Å². The summed E-state index contributed by atoms with van der Waals surface area (Å²) in [6, 6.07) is 18.8. The first-order chi connectivity index (χ1) is 16.4. The molecular weight excluding hydrogens is 573 g/mol. The van der Waals surface area contributed by atoms with Crippen molar-refractivity contribution in [2.24, 2.45) is 0 Å². The number of ether oxygens (including phenoxy) is 1. The molecule has 0 amide bonds. The first-order valence-corrected chi connectivity index (χ1v) is 21.5. The zero-order chi connectivity index (χ0) is 25.8. The third-order valence-electron chi connectivity index (χ3n) is 7.44. The van der Waals surface area contributed by atoms with Gasteiger partial charge in [0.1, 0.15) is 24.5 Å². The van der Waals surface area contributed by atoms with Crippen molar-refractivity contribution in [3.05, 3.63) is 70.8 Å². The second-order valence-electron chi connectivity index (χ2n) is 11.8. The van der Waals surface area contributed by atoms with E-state index in [0.717, 1.165) is 24.5 Å². The van der Waals surface area contributed by atoms with Crippen molar-refractivity contribution in [1.29, 1.82) is 0 Å². The Morgan fingerprint density at radius 2 is 1.03 bits per heavy atom. The Morgan fingerprint density at radius 1 is 0.686 bits per heavy atom. The van der Waals surface area contributed by atoms with Gasteiger partial charge in [0.05, 0.1) is 22.6 Å². The van der Waals surface area contributed by atoms with E-state index in [1.807, 2.05) is 0 Å². The fraction of sp³-hybridized carbons (Fsp3) is 0.571. The van der Waals surface area contributed by atoms with Gasteiger partial charge in [-0.1, -0.05) is 48.5 Å². The molecule has 3 aliphatic heterocycles. The van der Waals surface area contributed by atoms with Gasteiger partial charge in [0, 0.05) is 39.8 Å². The fourth-order valence-corrected chi connectivity index (χ4v) is 14.3. The molecule has 1 nitrogen and oxygen atoms in total. The molecular formula is C28H43Cl3CrOP2+3. The van der Waals surface area contributed by atoms with Crippen LogP contribution in [-0.4, -0.2) is 28.3 Å². The van der Waals surface area contributed by atoms with Crippen LogP contribution in [0.1, 0.15) is 88.0 Å². The van der Waals surface area contributed by atoms with Crippen molar-refractivity contribution in [3.8, 4) is 0 Å². The summed E-state index contributed by atoms with van der Waals surface area (Å²) in [5.74, 6) is 0. The topological polar surface area (TPSA) is 12.8 Å². The molecule has 3 aliphatic rings. The standard InChI is InChI=1S/C24H32P2.C4H8O.3ClH.Cr/c1-23(2,3)25-15-17-11-7-9-13-19(17)21(25)22-20-14-10-8-12-18(20)16-26(22)24(4,5)6;1-2-4-5-3-1;;;;/h7-14,21-22H,15-16H2,1-6H3;1-4H2;3*1H;/q;;;;;+3/t21-,22-,25?,26?;;;;;/m1...../s1. The molecule has 0 spiro atoms. The van der Waals surface area contributed by atoms with Crippen molar-refractivity contribution in [2.75, 3.05) is 13.2 Å². The van der Waals surface area contributed by atoms with Crippen molar-refractivity contribution in [3.63, 3.8) is 0 Å². The number of halogens is 3. The monoisotopic (exact) mass is 614 g/mol. The average Bonchev–Trinajstić information content (AvgIpc) is 3.51. The molecule has 7 heteroatoms. The third-order valence-corrected chi connectivity index (χ3v) is 15.9. The number of fused-ring (bicyclic) bond motifs is 2. The SMILES string of the molecule is C1CC[OH+]C1.CC(C)(C)[PH+]1Cc2ccccc2[C@@H]1[C@H]1c2ccccc2C[PH+]1C(C)(C)C.[Cl][Cr]([Cl])[Cl]. The van der Waals surface area contributed by atoms with Gasteiger partial charge in [0.15, 0.2) is 0 Å². The van der Waals surface area contributed by atoms with Crippen LogP contribution in [0.25, 0.3) is 0 Å². The second-order valence-corrected chi connectivity index (χ2v) is 25.2. The zero-order valence-electron chi connectivity index (χ0n) is 22.0. The summed E-state index contributed by atoms with van der Waals surface area (Å²) in [6.45, 7) is 17.3. The van der Waals surface area contributed by atoms with Gasteiger partial charge in [0.25, 0.3) is 0 Å². The van der Waals surface area contributed by atoms with E-state index in [0.29, 0.717) is 10.3 Å². The van der Waals surface area contributed by atoms with Crippen LogP contribution in [-0.2, 0) is 23.7 Å². The third kappa shape index (κ3) is 8.08. The van der Waals surface area contributed by atoms with Gasteiger partial charge in [-0.2, -0.15) is 0 Å². The molecule has 0 aromatic heterocycles. The van der Waals surface area contributed by atoms with Crippen LogP contribution in [0.4, 0.5) is 0 Å². The Bertz CT molecular complexity index is 874. The van der Waals surface area contributed by atoms with Gasteiger partial charge in [-0.25, -0.2) is 0 Å². The summed E-state index contributed by atoms with van der Waals surface area (Å²) in [5.41, 5.74) is 8.28. The van der Waals surface area contributed by atoms with Crippen LogP contribution in [0.15, 0.2) is 48.5 Å². The minimum atomic E-state index is -1.62. The Hall–Kier alpha value is 0.662. The van der Waals surface area contributed by atoms with E-state index in [1.165, 1.54) is 25.2 Å². The quantitative estimate of drug-likeness (QED) is 0.224. The molecule has 35 heavy (non-hydrogen) atoms. The minimum absolute atomic E-state index is 0.441. The van der Waals surface area contributed by atoms with Gasteiger partial charge in [0.2, 0.25) is 0 Å². The summed E-state index contributed by atoms with van der Waals surface area (Å²) in [7, 11) is 13.8. The molecule has 2 aromatic carbocycles. The maximum atomic E-state index is 4.93. The molecule has 0 radical (unpaired) electrons. The first kappa shape index (κ1) is 30.2. The second kappa shape index (κ2) is 13.1. The number of benzene rings is 2. The van der Waals surface area contributed by atoms with Gasteiger partial charge < -0.3 is 4.74 Å². The van der Waals surface area contributed by atoms with Crippen LogP contribution >= 0.6 is 46.0 Å². The molecule has 1 fully saturated rings. The molecule has 2 aromatic rings. The number of aliphatic hydroxyl groups is 2. The summed E-state index contributed by atoms with van der Waals surface area (Å²) >= 11 is -1.62. The molecule has 0 bridgehead atoms. The Balaban J connectivity index is 0.000000322. The molecule has 3 heterocycles. The molecule has 1 saturated heterocycles. The van der Waals surface area contributed by atoms with E-state index in [4.69, 9.17) is 30.1 Å². The summed E-state index contributed by atoms with van der Waals surface area (Å²) < 4.78 is 4.08. The fourth-order valence-electron chi connectivity index (χ4n) is 5.79. The summed E-state index contributed by atoms with van der Waals surface area (Å²) in [4.78, 5) is 0. The van der Waals surface area contributed by atoms with Crippen LogP contribution in [0, 0.1) is 0 Å². The van der Waals surface area contributed by atoms with Crippen molar-refractivity contribution < 1.29 is 16.1 Å². The summed E-state index contributed by atoms with van der Waals surface area (Å²) in [6.07, 6.45) is 5.37. The maximum absolute atomic E-state index is 4.93. The van der Waals surface area contributed by atoms with E-state index in [2.05, 4.69) is 94.8 Å². The van der Waals surface area contributed by atoms with E-state index in [9.17, 15) is 0 Å². The van der Waals surface area contributed by atoms with Crippen molar-refractivity contribution in [2.45, 2.75) is 88.3 Å². The Morgan fingerprint density at radius 3 is 1.31 bits per heavy atom. The molecule has 5 rings (SSSR count). The molecule has 0 saturated carbocycles. The zero-order valence-corrected chi connectivity index (χ0v) is 27.5. The van der Waals surface area contributed by atoms with Crippen LogP contribution < -0.4 is 0 Å². The molecule has 1 N–H and O–H groups in total. The van der Waals surface area contributed by atoms with E-state index in [1.54, 1.807) is 22.3 Å². The van der Waals surface area contributed by atoms with Gasteiger partial charge >= 0.3 is 41.5 Å². The predicted octanol–water partition coefficient (Wildman–Crippen LogP) is 9.90. The van der Waals surface area contributed by atoms with E-state index >= 15 is 0 Å². The predicted molar refractivity (Wildman–Crippen MR) is 161 cm³/mol. The number of rotatable bonds is 1. The number of hydrogen-bond acceptors (Lipinski definition) is 0. The van der Waals surface area contributed by atoms with Gasteiger partial charge in [-0.15, -0.1) is 0 Å².